The van der Waals surface area contributed by atoms with E-state index in [1.165, 1.54) is 0 Å². The van der Waals surface area contributed by atoms with Gasteiger partial charge in [-0.3, -0.25) is 4.90 Å². The first-order valence-corrected chi connectivity index (χ1v) is 7.68. The molecule has 19 heavy (non-hydrogen) atoms. The number of ether oxygens (including phenoxy) is 1. The molecule has 110 valence electrons. The number of aliphatic hydroxyl groups excluding tert-OH is 1. The van der Waals surface area contributed by atoms with E-state index >= 15 is 0 Å². The molecule has 0 saturated carbocycles. The lowest BCUT2D eigenvalue weighted by Crippen LogP contribution is -2.43. The molecule has 0 aliphatic heterocycles. The Morgan fingerprint density at radius 3 is 2.68 bits per heavy atom. The summed E-state index contributed by atoms with van der Waals surface area (Å²) in [5.74, 6) is 0. The first kappa shape index (κ1) is 16.9. The Labute approximate surface area is 124 Å². The third kappa shape index (κ3) is 5.02. The van der Waals surface area contributed by atoms with E-state index in [0.29, 0.717) is 13.2 Å². The van der Waals surface area contributed by atoms with E-state index in [2.05, 4.69) is 11.8 Å². The van der Waals surface area contributed by atoms with Crippen LogP contribution < -0.4 is 5.73 Å². The summed E-state index contributed by atoms with van der Waals surface area (Å²) in [4.78, 5) is 3.31. The van der Waals surface area contributed by atoms with Crippen LogP contribution in [0.1, 0.15) is 24.3 Å². The van der Waals surface area contributed by atoms with Gasteiger partial charge in [-0.1, -0.05) is 18.5 Å². The van der Waals surface area contributed by atoms with Gasteiger partial charge in [0.2, 0.25) is 0 Å². The molecule has 1 aromatic heterocycles. The highest BCUT2D eigenvalue weighted by Crippen LogP contribution is 2.32. The van der Waals surface area contributed by atoms with Gasteiger partial charge in [-0.25, -0.2) is 0 Å². The highest BCUT2D eigenvalue weighted by Gasteiger charge is 2.26. The highest BCUT2D eigenvalue weighted by molar-refractivity contribution is 7.16. The minimum absolute atomic E-state index is 0.0122. The van der Waals surface area contributed by atoms with Crippen LogP contribution in [0.2, 0.25) is 4.34 Å². The van der Waals surface area contributed by atoms with Crippen molar-refractivity contribution in [1.29, 1.82) is 0 Å². The highest BCUT2D eigenvalue weighted by atomic mass is 35.5. The zero-order chi connectivity index (χ0) is 14.3. The van der Waals surface area contributed by atoms with Gasteiger partial charge in [0.25, 0.3) is 0 Å². The molecule has 4 nitrogen and oxygen atoms in total. The molecule has 0 spiro atoms. The maximum atomic E-state index is 9.25. The van der Waals surface area contributed by atoms with Gasteiger partial charge < -0.3 is 15.6 Å². The number of nitrogens with two attached hydrogens (primary N) is 1. The largest absolute Gasteiger partial charge is 0.395 e. The maximum absolute atomic E-state index is 9.25. The zero-order valence-corrected chi connectivity index (χ0v) is 13.1. The van der Waals surface area contributed by atoms with Crippen molar-refractivity contribution in [2.45, 2.75) is 25.4 Å². The molecule has 3 N–H and O–H groups in total. The van der Waals surface area contributed by atoms with Crippen LogP contribution in [0.5, 0.6) is 0 Å². The lowest BCUT2D eigenvalue weighted by molar-refractivity contribution is 0.0912. The Morgan fingerprint density at radius 1 is 1.47 bits per heavy atom. The van der Waals surface area contributed by atoms with Gasteiger partial charge in [-0.05, 0) is 18.6 Å². The molecule has 1 aromatic rings. The van der Waals surface area contributed by atoms with Crippen molar-refractivity contribution in [1.82, 2.24) is 4.90 Å². The topological polar surface area (TPSA) is 58.7 Å². The van der Waals surface area contributed by atoms with Crippen molar-refractivity contribution in [3.05, 3.63) is 21.3 Å². The molecule has 2 unspecified atom stereocenters. The lowest BCUT2D eigenvalue weighted by atomic mass is 10.0. The fourth-order valence-electron chi connectivity index (χ4n) is 2.10. The average Bonchev–Trinajstić information content (AvgIpc) is 2.82. The second-order valence-corrected chi connectivity index (χ2v) is 6.16. The molecule has 1 heterocycles. The van der Waals surface area contributed by atoms with E-state index in [-0.39, 0.29) is 18.7 Å². The van der Waals surface area contributed by atoms with E-state index in [4.69, 9.17) is 22.1 Å². The van der Waals surface area contributed by atoms with Gasteiger partial charge in [-0.2, -0.15) is 0 Å². The van der Waals surface area contributed by atoms with E-state index in [1.807, 2.05) is 12.1 Å². The van der Waals surface area contributed by atoms with Crippen LogP contribution in [0.3, 0.4) is 0 Å². The fourth-order valence-corrected chi connectivity index (χ4v) is 3.37. The molecule has 0 fully saturated rings. The van der Waals surface area contributed by atoms with Crippen molar-refractivity contribution in [2.75, 3.05) is 33.4 Å². The van der Waals surface area contributed by atoms with Crippen molar-refractivity contribution in [3.8, 4) is 0 Å². The summed E-state index contributed by atoms with van der Waals surface area (Å²) >= 11 is 7.57. The number of thiophene rings is 1. The number of nitrogens with zero attached hydrogens (tertiary/aromatic N) is 1. The number of halogens is 1. The summed E-state index contributed by atoms with van der Waals surface area (Å²) in [6.07, 6.45) is 0.870. The van der Waals surface area contributed by atoms with Crippen LogP contribution in [-0.4, -0.2) is 49.5 Å². The Balaban J connectivity index is 2.91. The monoisotopic (exact) mass is 306 g/mol. The van der Waals surface area contributed by atoms with Crippen LogP contribution in [0.4, 0.5) is 0 Å². The molecular weight excluding hydrogens is 284 g/mol. The Hall–Kier alpha value is -0.170. The Kier molecular flexibility index (Phi) is 7.90. The maximum Gasteiger partial charge on any atom is 0.0931 e. The van der Waals surface area contributed by atoms with Crippen LogP contribution in [0.25, 0.3) is 0 Å². The summed E-state index contributed by atoms with van der Waals surface area (Å²) in [6, 6.07) is 4.00. The Bertz CT molecular complexity index is 362. The minimum atomic E-state index is 0.0122. The van der Waals surface area contributed by atoms with E-state index in [1.54, 1.807) is 18.4 Å². The number of hydrogen-bond acceptors (Lipinski definition) is 5. The number of methoxy groups -OCH3 is 1. The van der Waals surface area contributed by atoms with Gasteiger partial charge in [0.05, 0.1) is 23.6 Å². The quantitative estimate of drug-likeness (QED) is 0.734. The predicted molar refractivity (Wildman–Crippen MR) is 80.9 cm³/mol. The third-order valence-corrected chi connectivity index (χ3v) is 4.43. The zero-order valence-electron chi connectivity index (χ0n) is 11.5. The summed E-state index contributed by atoms with van der Waals surface area (Å²) in [7, 11) is 1.67. The van der Waals surface area contributed by atoms with Crippen LogP contribution in [-0.2, 0) is 4.74 Å². The van der Waals surface area contributed by atoms with Crippen LogP contribution in [0, 0.1) is 0 Å². The summed E-state index contributed by atoms with van der Waals surface area (Å²) in [5, 5.41) is 9.25. The molecular formula is C13H23ClN2O2S. The number of hydrogen-bond donors (Lipinski definition) is 2. The molecule has 1 rings (SSSR count). The normalized spacial score (nSPS) is 14.8. The number of rotatable bonds is 9. The molecule has 0 radical (unpaired) electrons. The van der Waals surface area contributed by atoms with Gasteiger partial charge in [-0.15, -0.1) is 11.3 Å². The van der Waals surface area contributed by atoms with Crippen LogP contribution in [0.15, 0.2) is 12.1 Å². The fraction of sp³-hybridized carbons (Fsp3) is 0.692. The number of aliphatic hydroxyl groups is 1. The molecule has 0 saturated heterocycles. The standard InChI is InChI=1S/C13H23ClN2O2S/c1-3-10(15)13(11-4-5-12(14)19-11)16(6-8-17)7-9-18-2/h4-5,10,13,17H,3,6-9,15H2,1-2H3. The van der Waals surface area contributed by atoms with E-state index in [0.717, 1.165) is 22.2 Å². The molecule has 0 aromatic carbocycles. The van der Waals surface area contributed by atoms with Gasteiger partial charge in [0.1, 0.15) is 0 Å². The minimum Gasteiger partial charge on any atom is -0.395 e. The van der Waals surface area contributed by atoms with Gasteiger partial charge in [0, 0.05) is 31.1 Å². The second-order valence-electron chi connectivity index (χ2n) is 4.41. The third-order valence-electron chi connectivity index (χ3n) is 3.13. The summed E-state index contributed by atoms with van der Waals surface area (Å²) in [6.45, 7) is 4.12. The first-order valence-electron chi connectivity index (χ1n) is 6.48. The van der Waals surface area contributed by atoms with E-state index in [9.17, 15) is 5.11 Å². The smallest absolute Gasteiger partial charge is 0.0931 e. The van der Waals surface area contributed by atoms with E-state index < -0.39 is 0 Å². The first-order chi connectivity index (χ1) is 9.13. The van der Waals surface area contributed by atoms with Crippen LogP contribution >= 0.6 is 22.9 Å². The molecule has 0 amide bonds. The SMILES string of the molecule is CCC(N)C(c1ccc(Cl)s1)N(CCO)CCOC. The predicted octanol–water partition coefficient (Wildman–Crippen LogP) is 2.12. The van der Waals surface area contributed by atoms with Crippen molar-refractivity contribution < 1.29 is 9.84 Å². The second kappa shape index (κ2) is 8.89. The summed E-state index contributed by atoms with van der Waals surface area (Å²) < 4.78 is 5.90. The van der Waals surface area contributed by atoms with Crippen molar-refractivity contribution in [2.24, 2.45) is 5.73 Å². The van der Waals surface area contributed by atoms with Gasteiger partial charge >= 0.3 is 0 Å². The molecule has 0 aliphatic carbocycles. The Morgan fingerprint density at radius 2 is 2.21 bits per heavy atom. The summed E-state index contributed by atoms with van der Waals surface area (Å²) in [5.41, 5.74) is 6.26. The molecule has 2 atom stereocenters. The molecule has 0 bridgehead atoms. The van der Waals surface area contributed by atoms with Crippen molar-refractivity contribution >= 4 is 22.9 Å². The lowest BCUT2D eigenvalue weighted by Gasteiger charge is -2.34. The van der Waals surface area contributed by atoms with Gasteiger partial charge in [0.15, 0.2) is 0 Å². The average molecular weight is 307 g/mol. The molecule has 6 heteroatoms. The molecule has 0 aliphatic rings. The van der Waals surface area contributed by atoms with Crippen molar-refractivity contribution in [3.63, 3.8) is 0 Å².